The van der Waals surface area contributed by atoms with Gasteiger partial charge in [0.15, 0.2) is 5.82 Å². The molecule has 0 radical (unpaired) electrons. The highest BCUT2D eigenvalue weighted by atomic mass is 35.5. The quantitative estimate of drug-likeness (QED) is 0.512. The fourth-order valence-corrected chi connectivity index (χ4v) is 3.63. The Hall–Kier alpha value is -3.25. The highest BCUT2D eigenvalue weighted by Gasteiger charge is 2.17. The van der Waals surface area contributed by atoms with Crippen LogP contribution in [-0.2, 0) is 11.2 Å². The van der Waals surface area contributed by atoms with Gasteiger partial charge < -0.3 is 5.32 Å². The zero-order valence-electron chi connectivity index (χ0n) is 17.3. The molecule has 0 unspecified atom stereocenters. The van der Waals surface area contributed by atoms with Crippen molar-refractivity contribution in [2.75, 3.05) is 5.32 Å². The van der Waals surface area contributed by atoms with E-state index in [9.17, 15) is 4.79 Å². The van der Waals surface area contributed by atoms with Crippen LogP contribution in [0.5, 0.6) is 0 Å². The van der Waals surface area contributed by atoms with E-state index in [4.69, 9.17) is 11.6 Å². The van der Waals surface area contributed by atoms with Gasteiger partial charge in [0.05, 0.1) is 11.4 Å². The number of amides is 1. The summed E-state index contributed by atoms with van der Waals surface area (Å²) in [5.74, 6) is 0.891. The zero-order chi connectivity index (χ0) is 21.4. The number of nitrogens with one attached hydrogen (secondary N) is 1. The number of nitrogens with zero attached hydrogens (tertiary/aromatic N) is 4. The van der Waals surface area contributed by atoms with Crippen molar-refractivity contribution in [1.29, 1.82) is 0 Å². The number of benzene rings is 2. The molecular formula is C23H22ClN5O. The summed E-state index contributed by atoms with van der Waals surface area (Å²) >= 11 is 6.29. The molecule has 1 amide bonds. The molecule has 0 atom stereocenters. The van der Waals surface area contributed by atoms with Gasteiger partial charge in [-0.25, -0.2) is 9.50 Å². The largest absolute Gasteiger partial charge is 0.326 e. The lowest BCUT2D eigenvalue weighted by atomic mass is 10.1. The van der Waals surface area contributed by atoms with Crippen LogP contribution in [0.1, 0.15) is 28.1 Å². The van der Waals surface area contributed by atoms with E-state index in [0.717, 1.165) is 33.8 Å². The highest BCUT2D eigenvalue weighted by Crippen LogP contribution is 2.26. The molecule has 152 valence electrons. The molecule has 2 heterocycles. The summed E-state index contributed by atoms with van der Waals surface area (Å²) in [6.45, 7) is 7.88. The second-order valence-corrected chi connectivity index (χ2v) is 7.82. The van der Waals surface area contributed by atoms with Gasteiger partial charge in [0, 0.05) is 28.2 Å². The summed E-state index contributed by atoms with van der Waals surface area (Å²) in [4.78, 5) is 21.8. The lowest BCUT2D eigenvalue weighted by Gasteiger charge is -2.11. The zero-order valence-corrected chi connectivity index (χ0v) is 18.1. The predicted octanol–water partition coefficient (Wildman–Crippen LogP) is 4.86. The number of hydrogen-bond acceptors (Lipinski definition) is 4. The van der Waals surface area contributed by atoms with Gasteiger partial charge in [0.1, 0.15) is 0 Å². The van der Waals surface area contributed by atoms with E-state index in [1.54, 1.807) is 10.6 Å². The lowest BCUT2D eigenvalue weighted by Crippen LogP contribution is -2.18. The van der Waals surface area contributed by atoms with Crippen LogP contribution >= 0.6 is 11.6 Å². The van der Waals surface area contributed by atoms with Crippen LogP contribution < -0.4 is 5.32 Å². The summed E-state index contributed by atoms with van der Waals surface area (Å²) in [6, 6.07) is 13.3. The number of aryl methyl sites for hydroxylation is 4. The number of carbonyl (C=O) groups excluding carboxylic acids is 1. The first kappa shape index (κ1) is 20.0. The SMILES string of the molecule is Cc1ccc(NC(=O)Cc2c(C)nc3nc(-c4ccccc4Cl)nn3c2C)cc1C. The number of carbonyl (C=O) groups is 1. The third kappa shape index (κ3) is 3.78. The molecule has 0 aliphatic rings. The number of hydrogen-bond donors (Lipinski definition) is 1. The van der Waals surface area contributed by atoms with E-state index >= 15 is 0 Å². The Morgan fingerprint density at radius 1 is 1.03 bits per heavy atom. The predicted molar refractivity (Wildman–Crippen MR) is 119 cm³/mol. The first-order valence-electron chi connectivity index (χ1n) is 9.68. The third-order valence-electron chi connectivity index (χ3n) is 5.29. The van der Waals surface area contributed by atoms with Crippen LogP contribution in [0.3, 0.4) is 0 Å². The maximum Gasteiger partial charge on any atom is 0.253 e. The molecule has 2 aromatic heterocycles. The van der Waals surface area contributed by atoms with Crippen molar-refractivity contribution < 1.29 is 4.79 Å². The van der Waals surface area contributed by atoms with Crippen molar-refractivity contribution in [2.24, 2.45) is 0 Å². The molecule has 4 rings (SSSR count). The second-order valence-electron chi connectivity index (χ2n) is 7.41. The van der Waals surface area contributed by atoms with E-state index in [2.05, 4.69) is 20.4 Å². The molecule has 2 aromatic carbocycles. The van der Waals surface area contributed by atoms with E-state index in [1.807, 2.05) is 64.1 Å². The fraction of sp³-hybridized carbons (Fsp3) is 0.217. The summed E-state index contributed by atoms with van der Waals surface area (Å²) in [6.07, 6.45) is 0.203. The Balaban J connectivity index is 1.65. The molecule has 1 N–H and O–H groups in total. The van der Waals surface area contributed by atoms with Crippen LogP contribution in [0.25, 0.3) is 17.2 Å². The molecule has 30 heavy (non-hydrogen) atoms. The van der Waals surface area contributed by atoms with Crippen LogP contribution in [0, 0.1) is 27.7 Å². The Labute approximate surface area is 179 Å². The van der Waals surface area contributed by atoms with Gasteiger partial charge in [0.25, 0.3) is 5.78 Å². The van der Waals surface area contributed by atoms with E-state index in [1.165, 1.54) is 5.56 Å². The van der Waals surface area contributed by atoms with Crippen molar-refractivity contribution in [1.82, 2.24) is 19.6 Å². The summed E-state index contributed by atoms with van der Waals surface area (Å²) in [5, 5.41) is 8.13. The number of anilines is 1. The Morgan fingerprint density at radius 3 is 2.53 bits per heavy atom. The maximum atomic E-state index is 12.7. The number of halogens is 1. The molecule has 7 heteroatoms. The number of fused-ring (bicyclic) bond motifs is 1. The number of aromatic nitrogens is 4. The average Bonchev–Trinajstić information content (AvgIpc) is 3.12. The average molecular weight is 420 g/mol. The summed E-state index contributed by atoms with van der Waals surface area (Å²) < 4.78 is 1.67. The summed E-state index contributed by atoms with van der Waals surface area (Å²) in [5.41, 5.74) is 6.28. The molecule has 6 nitrogen and oxygen atoms in total. The van der Waals surface area contributed by atoms with Crippen LogP contribution in [0.15, 0.2) is 42.5 Å². The van der Waals surface area contributed by atoms with Gasteiger partial charge in [-0.1, -0.05) is 29.8 Å². The van der Waals surface area contributed by atoms with Crippen LogP contribution in [0.2, 0.25) is 5.02 Å². The van der Waals surface area contributed by atoms with E-state index in [0.29, 0.717) is 16.6 Å². The normalized spacial score (nSPS) is 11.1. The molecule has 0 aliphatic heterocycles. The van der Waals surface area contributed by atoms with Crippen molar-refractivity contribution in [3.8, 4) is 11.4 Å². The topological polar surface area (TPSA) is 72.2 Å². The Morgan fingerprint density at radius 2 is 1.80 bits per heavy atom. The van der Waals surface area contributed by atoms with Gasteiger partial charge in [-0.3, -0.25) is 4.79 Å². The molecule has 0 bridgehead atoms. The minimum absolute atomic E-state index is 0.1000. The number of rotatable bonds is 4. The highest BCUT2D eigenvalue weighted by molar-refractivity contribution is 6.33. The summed E-state index contributed by atoms with van der Waals surface area (Å²) in [7, 11) is 0. The Bertz CT molecular complexity index is 1280. The molecule has 0 saturated carbocycles. The van der Waals surface area contributed by atoms with Crippen molar-refractivity contribution >= 4 is 29.0 Å². The minimum Gasteiger partial charge on any atom is -0.326 e. The first-order valence-corrected chi connectivity index (χ1v) is 10.1. The van der Waals surface area contributed by atoms with Crippen molar-refractivity contribution in [3.05, 3.63) is 75.6 Å². The van der Waals surface area contributed by atoms with E-state index < -0.39 is 0 Å². The van der Waals surface area contributed by atoms with Crippen molar-refractivity contribution in [2.45, 2.75) is 34.1 Å². The molecule has 0 aliphatic carbocycles. The van der Waals surface area contributed by atoms with Crippen LogP contribution in [-0.4, -0.2) is 25.5 Å². The molecular weight excluding hydrogens is 398 g/mol. The smallest absolute Gasteiger partial charge is 0.253 e. The van der Waals surface area contributed by atoms with Gasteiger partial charge in [-0.2, -0.15) is 4.98 Å². The first-order chi connectivity index (χ1) is 14.3. The van der Waals surface area contributed by atoms with Gasteiger partial charge in [0.2, 0.25) is 5.91 Å². The molecule has 4 aromatic rings. The van der Waals surface area contributed by atoms with Gasteiger partial charge in [-0.15, -0.1) is 5.10 Å². The second kappa shape index (κ2) is 7.88. The molecule has 0 saturated heterocycles. The monoisotopic (exact) mass is 419 g/mol. The van der Waals surface area contributed by atoms with Gasteiger partial charge in [-0.05, 0) is 63.1 Å². The van der Waals surface area contributed by atoms with E-state index in [-0.39, 0.29) is 12.3 Å². The van der Waals surface area contributed by atoms with Crippen LogP contribution in [0.4, 0.5) is 5.69 Å². The van der Waals surface area contributed by atoms with Gasteiger partial charge >= 0.3 is 0 Å². The third-order valence-corrected chi connectivity index (χ3v) is 5.62. The minimum atomic E-state index is -0.1000. The van der Waals surface area contributed by atoms with Crippen molar-refractivity contribution in [3.63, 3.8) is 0 Å². The lowest BCUT2D eigenvalue weighted by molar-refractivity contribution is -0.115. The Kier molecular flexibility index (Phi) is 5.26. The fourth-order valence-electron chi connectivity index (χ4n) is 3.41. The maximum absolute atomic E-state index is 12.7. The molecule has 0 fully saturated rings. The standard InChI is InChI=1S/C23H22ClN5O/c1-13-9-10-17(11-14(13)2)26-21(30)12-19-15(3)25-23-27-22(28-29(23)16(19)4)18-7-5-6-8-20(18)24/h5-11H,12H2,1-4H3,(H,26,30). The molecule has 0 spiro atoms.